The van der Waals surface area contributed by atoms with E-state index < -0.39 is 0 Å². The summed E-state index contributed by atoms with van der Waals surface area (Å²) in [5, 5.41) is 4.83. The summed E-state index contributed by atoms with van der Waals surface area (Å²) in [6, 6.07) is 10.0. The Morgan fingerprint density at radius 3 is 2.62 bits per heavy atom. The quantitative estimate of drug-likeness (QED) is 0.476. The minimum atomic E-state index is -0.0377. The summed E-state index contributed by atoms with van der Waals surface area (Å²) in [6.45, 7) is 8.25. The Hall–Kier alpha value is -2.12. The molecule has 26 heavy (non-hydrogen) atoms. The standard InChI is InChI=1S/C19H22N4OS2/c1-4-23(5-2)15-8-6-14(7-9-15)22-17(24)11-25-18-16-10-13(3)26-19(16)21-12-20-18/h6-10,12H,4-5,11H2,1-3H3,(H,22,24). The van der Waals surface area contributed by atoms with Gasteiger partial charge in [0.1, 0.15) is 16.2 Å². The van der Waals surface area contributed by atoms with Crippen LogP contribution in [0.15, 0.2) is 41.7 Å². The molecule has 2 aromatic heterocycles. The fourth-order valence-electron chi connectivity index (χ4n) is 2.74. The third kappa shape index (κ3) is 4.34. The van der Waals surface area contributed by atoms with Gasteiger partial charge < -0.3 is 10.2 Å². The summed E-state index contributed by atoms with van der Waals surface area (Å²) in [4.78, 5) is 25.3. The van der Waals surface area contributed by atoms with Crippen LogP contribution < -0.4 is 10.2 Å². The van der Waals surface area contributed by atoms with Crippen molar-refractivity contribution in [1.29, 1.82) is 0 Å². The molecule has 0 saturated heterocycles. The Kier molecular flexibility index (Phi) is 6.11. The maximum Gasteiger partial charge on any atom is 0.234 e. The molecule has 0 bridgehead atoms. The summed E-state index contributed by atoms with van der Waals surface area (Å²) < 4.78 is 0. The summed E-state index contributed by atoms with van der Waals surface area (Å²) in [5.74, 6) is 0.281. The molecule has 1 aromatic carbocycles. The maximum atomic E-state index is 12.3. The number of rotatable bonds is 7. The highest BCUT2D eigenvalue weighted by atomic mass is 32.2. The monoisotopic (exact) mass is 386 g/mol. The van der Waals surface area contributed by atoms with Crippen molar-refractivity contribution in [3.63, 3.8) is 0 Å². The average Bonchev–Trinajstić information content (AvgIpc) is 3.03. The number of hydrogen-bond acceptors (Lipinski definition) is 6. The van der Waals surface area contributed by atoms with Gasteiger partial charge in [0.15, 0.2) is 0 Å². The maximum absolute atomic E-state index is 12.3. The highest BCUT2D eigenvalue weighted by Gasteiger charge is 2.10. The van der Waals surface area contributed by atoms with Gasteiger partial charge in [-0.2, -0.15) is 0 Å². The molecule has 0 aliphatic heterocycles. The second-order valence-electron chi connectivity index (χ2n) is 5.81. The molecule has 0 atom stereocenters. The third-order valence-electron chi connectivity index (χ3n) is 4.04. The molecule has 0 radical (unpaired) electrons. The molecule has 0 unspecified atom stereocenters. The van der Waals surface area contributed by atoms with Crippen molar-refractivity contribution in [2.45, 2.75) is 25.8 Å². The molecule has 3 aromatic rings. The van der Waals surface area contributed by atoms with Crippen molar-refractivity contribution in [3.8, 4) is 0 Å². The molecule has 0 aliphatic carbocycles. The highest BCUT2D eigenvalue weighted by Crippen LogP contribution is 2.30. The van der Waals surface area contributed by atoms with Crippen LogP contribution in [-0.4, -0.2) is 34.7 Å². The van der Waals surface area contributed by atoms with Gasteiger partial charge in [0.05, 0.1) is 5.75 Å². The first-order valence-electron chi connectivity index (χ1n) is 8.59. The normalized spacial score (nSPS) is 10.9. The van der Waals surface area contributed by atoms with Crippen LogP contribution in [0.3, 0.4) is 0 Å². The van der Waals surface area contributed by atoms with Gasteiger partial charge in [-0.3, -0.25) is 4.79 Å². The molecule has 2 heterocycles. The number of nitrogens with one attached hydrogen (secondary N) is 1. The largest absolute Gasteiger partial charge is 0.372 e. The lowest BCUT2D eigenvalue weighted by Crippen LogP contribution is -2.21. The SMILES string of the molecule is CCN(CC)c1ccc(NC(=O)CSc2ncnc3sc(C)cc23)cc1. The number of nitrogens with zero attached hydrogens (tertiary/aromatic N) is 3. The van der Waals surface area contributed by atoms with Crippen LogP contribution in [0.5, 0.6) is 0 Å². The van der Waals surface area contributed by atoms with E-state index in [0.29, 0.717) is 5.75 Å². The van der Waals surface area contributed by atoms with Crippen LogP contribution in [-0.2, 0) is 4.79 Å². The Labute approximate surface area is 161 Å². The number of amides is 1. The van der Waals surface area contributed by atoms with E-state index in [1.54, 1.807) is 17.7 Å². The topological polar surface area (TPSA) is 58.1 Å². The van der Waals surface area contributed by atoms with Crippen LogP contribution >= 0.6 is 23.1 Å². The number of hydrogen-bond donors (Lipinski definition) is 1. The van der Waals surface area contributed by atoms with Crippen molar-refractivity contribution in [2.75, 3.05) is 29.1 Å². The van der Waals surface area contributed by atoms with E-state index in [9.17, 15) is 4.79 Å². The zero-order chi connectivity index (χ0) is 18.5. The van der Waals surface area contributed by atoms with Gasteiger partial charge in [0.2, 0.25) is 5.91 Å². The van der Waals surface area contributed by atoms with E-state index in [1.807, 2.05) is 24.3 Å². The van der Waals surface area contributed by atoms with E-state index in [0.717, 1.165) is 34.0 Å². The zero-order valence-corrected chi connectivity index (χ0v) is 16.8. The first-order chi connectivity index (χ1) is 12.6. The number of fused-ring (bicyclic) bond motifs is 1. The van der Waals surface area contributed by atoms with E-state index >= 15 is 0 Å². The van der Waals surface area contributed by atoms with Crippen molar-refractivity contribution < 1.29 is 4.79 Å². The summed E-state index contributed by atoms with van der Waals surface area (Å²) >= 11 is 3.08. The van der Waals surface area contributed by atoms with Crippen LogP contribution in [0.25, 0.3) is 10.2 Å². The predicted octanol–water partition coefficient (Wildman–Crippen LogP) is 4.58. The van der Waals surface area contributed by atoms with Crippen LogP contribution in [0.4, 0.5) is 11.4 Å². The summed E-state index contributed by atoms with van der Waals surface area (Å²) in [5.41, 5.74) is 1.98. The first-order valence-corrected chi connectivity index (χ1v) is 10.4. The summed E-state index contributed by atoms with van der Waals surface area (Å²) in [7, 11) is 0. The highest BCUT2D eigenvalue weighted by molar-refractivity contribution is 8.00. The molecule has 0 aliphatic rings. The first kappa shape index (κ1) is 18.7. The van der Waals surface area contributed by atoms with E-state index in [1.165, 1.54) is 22.3 Å². The smallest absolute Gasteiger partial charge is 0.234 e. The lowest BCUT2D eigenvalue weighted by Gasteiger charge is -2.21. The molecular weight excluding hydrogens is 364 g/mol. The molecule has 5 nitrogen and oxygen atoms in total. The van der Waals surface area contributed by atoms with Gasteiger partial charge in [-0.15, -0.1) is 11.3 Å². The third-order valence-corrected chi connectivity index (χ3v) is 6.00. The fourth-order valence-corrected chi connectivity index (χ4v) is 4.43. The number of aromatic nitrogens is 2. The van der Waals surface area contributed by atoms with E-state index in [2.05, 4.69) is 47.0 Å². The minimum Gasteiger partial charge on any atom is -0.372 e. The molecule has 0 fully saturated rings. The Bertz CT molecular complexity index is 888. The van der Waals surface area contributed by atoms with Crippen molar-refractivity contribution in [2.24, 2.45) is 0 Å². The molecule has 1 N–H and O–H groups in total. The van der Waals surface area contributed by atoms with Gasteiger partial charge in [-0.25, -0.2) is 9.97 Å². The van der Waals surface area contributed by atoms with Gasteiger partial charge in [-0.1, -0.05) is 11.8 Å². The Morgan fingerprint density at radius 1 is 1.19 bits per heavy atom. The number of aryl methyl sites for hydroxylation is 1. The van der Waals surface area contributed by atoms with Crippen LogP contribution in [0.2, 0.25) is 0 Å². The number of benzene rings is 1. The second-order valence-corrected chi connectivity index (χ2v) is 8.01. The average molecular weight is 387 g/mol. The molecule has 0 saturated carbocycles. The van der Waals surface area contributed by atoms with Gasteiger partial charge in [0.25, 0.3) is 0 Å². The lowest BCUT2D eigenvalue weighted by molar-refractivity contribution is -0.113. The summed E-state index contributed by atoms with van der Waals surface area (Å²) in [6.07, 6.45) is 1.56. The number of anilines is 2. The molecular formula is C19H22N4OS2. The van der Waals surface area contributed by atoms with Gasteiger partial charge in [-0.05, 0) is 51.1 Å². The number of carbonyl (C=O) groups is 1. The molecule has 136 valence electrons. The number of carbonyl (C=O) groups excluding carboxylic acids is 1. The predicted molar refractivity (Wildman–Crippen MR) is 112 cm³/mol. The fraction of sp³-hybridized carbons (Fsp3) is 0.316. The number of thioether (sulfide) groups is 1. The van der Waals surface area contributed by atoms with Crippen LogP contribution in [0, 0.1) is 6.92 Å². The molecule has 7 heteroatoms. The van der Waals surface area contributed by atoms with Crippen molar-refractivity contribution in [1.82, 2.24) is 9.97 Å². The molecule has 0 spiro atoms. The molecule has 3 rings (SSSR count). The second kappa shape index (κ2) is 8.51. The zero-order valence-electron chi connectivity index (χ0n) is 15.2. The lowest BCUT2D eigenvalue weighted by atomic mass is 10.2. The molecule has 1 amide bonds. The Balaban J connectivity index is 1.60. The van der Waals surface area contributed by atoms with Gasteiger partial charge in [0, 0.05) is 34.7 Å². The van der Waals surface area contributed by atoms with Crippen molar-refractivity contribution in [3.05, 3.63) is 41.5 Å². The van der Waals surface area contributed by atoms with Crippen molar-refractivity contribution >= 4 is 50.6 Å². The van der Waals surface area contributed by atoms with E-state index in [-0.39, 0.29) is 5.91 Å². The van der Waals surface area contributed by atoms with Gasteiger partial charge >= 0.3 is 0 Å². The van der Waals surface area contributed by atoms with E-state index in [4.69, 9.17) is 0 Å². The number of thiophene rings is 1. The Morgan fingerprint density at radius 2 is 1.92 bits per heavy atom. The minimum absolute atomic E-state index is 0.0377. The van der Waals surface area contributed by atoms with Crippen LogP contribution in [0.1, 0.15) is 18.7 Å².